The van der Waals surface area contributed by atoms with Gasteiger partial charge in [0.15, 0.2) is 0 Å². The number of hydrogen-bond donors (Lipinski definition) is 0. The number of carbonyl (C=O) groups excluding carboxylic acids is 2. The SMILES string of the molecule is C=CC(=O)OCCOc1ccc(C2(c3ccc(OCCOC(C)=O)cc3)c3ccccc3-c3nc4ccccc4cc32)cc1. The van der Waals surface area contributed by atoms with Gasteiger partial charge in [-0.25, -0.2) is 9.78 Å². The van der Waals surface area contributed by atoms with Gasteiger partial charge in [-0.15, -0.1) is 0 Å². The largest absolute Gasteiger partial charge is 0.490 e. The first-order valence-electron chi connectivity index (χ1n) is 14.4. The van der Waals surface area contributed by atoms with Crippen molar-refractivity contribution in [3.05, 3.63) is 138 Å². The normalized spacial score (nSPS) is 14.8. The fraction of sp³-hybridized carbons (Fsp3) is 0.162. The van der Waals surface area contributed by atoms with E-state index in [-0.39, 0.29) is 32.4 Å². The molecular weight excluding hydrogens is 554 g/mol. The van der Waals surface area contributed by atoms with Gasteiger partial charge in [0, 0.05) is 23.9 Å². The van der Waals surface area contributed by atoms with Gasteiger partial charge in [0.05, 0.1) is 16.6 Å². The molecule has 0 fully saturated rings. The van der Waals surface area contributed by atoms with Crippen molar-refractivity contribution >= 4 is 22.8 Å². The zero-order chi connectivity index (χ0) is 30.5. The molecule has 1 aromatic heterocycles. The van der Waals surface area contributed by atoms with Crippen LogP contribution in [-0.4, -0.2) is 43.4 Å². The summed E-state index contributed by atoms with van der Waals surface area (Å²) in [5, 5.41) is 1.06. The number of hydrogen-bond acceptors (Lipinski definition) is 7. The highest BCUT2D eigenvalue weighted by Gasteiger charge is 2.47. The van der Waals surface area contributed by atoms with Crippen molar-refractivity contribution in [2.24, 2.45) is 0 Å². The fourth-order valence-electron chi connectivity index (χ4n) is 5.87. The third-order valence-electron chi connectivity index (χ3n) is 7.71. The first-order valence-corrected chi connectivity index (χ1v) is 14.4. The van der Waals surface area contributed by atoms with Gasteiger partial charge in [0.2, 0.25) is 0 Å². The smallest absolute Gasteiger partial charge is 0.330 e. The maximum atomic E-state index is 11.4. The van der Waals surface area contributed by atoms with Crippen LogP contribution in [0, 0.1) is 0 Å². The second-order valence-electron chi connectivity index (χ2n) is 10.3. The molecular formula is C37H31NO6. The highest BCUT2D eigenvalue weighted by molar-refractivity contribution is 5.91. The monoisotopic (exact) mass is 585 g/mol. The average molecular weight is 586 g/mol. The number of rotatable bonds is 11. The standard InChI is InChI=1S/C37H31NO6/c1-3-35(40)44-23-22-43-30-18-14-28(15-19-30)37(27-12-16-29(17-13-27)42-21-20-41-25(2)39)32-10-6-5-9-31(32)36-33(37)24-26-8-4-7-11-34(26)38-36/h3-19,24H,1,20-23H2,2H3. The van der Waals surface area contributed by atoms with Crippen LogP contribution in [0.15, 0.2) is 116 Å². The molecule has 0 aliphatic heterocycles. The second-order valence-corrected chi connectivity index (χ2v) is 10.3. The maximum absolute atomic E-state index is 11.4. The van der Waals surface area contributed by atoms with Crippen molar-refractivity contribution in [3.8, 4) is 22.8 Å². The summed E-state index contributed by atoms with van der Waals surface area (Å²) < 4.78 is 21.7. The molecule has 4 aromatic carbocycles. The number of nitrogens with zero attached hydrogens (tertiary/aromatic N) is 1. The van der Waals surface area contributed by atoms with E-state index in [1.165, 1.54) is 6.92 Å². The number of ether oxygens (including phenoxy) is 4. The number of aromatic nitrogens is 1. The topological polar surface area (TPSA) is 84.0 Å². The van der Waals surface area contributed by atoms with Crippen molar-refractivity contribution in [2.45, 2.75) is 12.3 Å². The first kappa shape index (κ1) is 28.7. The first-order chi connectivity index (χ1) is 21.5. The minimum atomic E-state index is -0.669. The van der Waals surface area contributed by atoms with Gasteiger partial charge in [-0.2, -0.15) is 0 Å². The Bertz CT molecular complexity index is 1830. The van der Waals surface area contributed by atoms with Gasteiger partial charge >= 0.3 is 11.9 Å². The van der Waals surface area contributed by atoms with Gasteiger partial charge in [-0.3, -0.25) is 4.79 Å². The van der Waals surface area contributed by atoms with E-state index in [2.05, 4.69) is 61.2 Å². The molecule has 0 amide bonds. The van der Waals surface area contributed by atoms with E-state index in [1.807, 2.05) is 48.5 Å². The molecule has 0 saturated carbocycles. The maximum Gasteiger partial charge on any atom is 0.330 e. The number of carbonyl (C=O) groups is 2. The Morgan fingerprint density at radius 2 is 1.32 bits per heavy atom. The molecule has 7 heteroatoms. The van der Waals surface area contributed by atoms with E-state index in [0.29, 0.717) is 11.5 Å². The van der Waals surface area contributed by atoms with Crippen LogP contribution in [-0.2, 0) is 24.5 Å². The van der Waals surface area contributed by atoms with E-state index in [1.54, 1.807) is 0 Å². The predicted molar refractivity (Wildman–Crippen MR) is 168 cm³/mol. The molecule has 0 saturated heterocycles. The fourth-order valence-corrected chi connectivity index (χ4v) is 5.87. The number of pyridine rings is 1. The lowest BCUT2D eigenvalue weighted by Crippen LogP contribution is -2.28. The molecule has 7 nitrogen and oxygen atoms in total. The Balaban J connectivity index is 1.43. The van der Waals surface area contributed by atoms with Crippen LogP contribution in [0.3, 0.4) is 0 Å². The van der Waals surface area contributed by atoms with Crippen LogP contribution < -0.4 is 9.47 Å². The number of fused-ring (bicyclic) bond motifs is 4. The van der Waals surface area contributed by atoms with Crippen LogP contribution in [0.5, 0.6) is 11.5 Å². The summed E-state index contributed by atoms with van der Waals surface area (Å²) in [6.45, 7) is 5.59. The number of para-hydroxylation sites is 1. The Kier molecular flexibility index (Phi) is 8.10. The van der Waals surface area contributed by atoms with Crippen molar-refractivity contribution in [1.82, 2.24) is 4.98 Å². The summed E-state index contributed by atoms with van der Waals surface area (Å²) in [6.07, 6.45) is 1.13. The minimum Gasteiger partial charge on any atom is -0.490 e. The van der Waals surface area contributed by atoms with Gasteiger partial charge < -0.3 is 18.9 Å². The Morgan fingerprint density at radius 1 is 0.727 bits per heavy atom. The van der Waals surface area contributed by atoms with Gasteiger partial charge in [-0.1, -0.05) is 73.3 Å². The average Bonchev–Trinajstić information content (AvgIpc) is 3.34. The summed E-state index contributed by atoms with van der Waals surface area (Å²) in [5.74, 6) is 0.530. The lowest BCUT2D eigenvalue weighted by atomic mass is 9.68. The quantitative estimate of drug-likeness (QED) is 0.0957. The number of benzene rings is 4. The zero-order valence-electron chi connectivity index (χ0n) is 24.3. The molecule has 1 unspecified atom stereocenters. The Labute approximate surface area is 255 Å². The van der Waals surface area contributed by atoms with Crippen LogP contribution >= 0.6 is 0 Å². The summed E-state index contributed by atoms with van der Waals surface area (Å²) in [6, 6.07) is 34.9. The van der Waals surface area contributed by atoms with E-state index >= 15 is 0 Å². The van der Waals surface area contributed by atoms with Gasteiger partial charge in [0.1, 0.15) is 37.9 Å². The molecule has 0 radical (unpaired) electrons. The van der Waals surface area contributed by atoms with E-state index < -0.39 is 11.4 Å². The lowest BCUT2D eigenvalue weighted by molar-refractivity contribution is -0.141. The highest BCUT2D eigenvalue weighted by atomic mass is 16.6. The molecule has 0 spiro atoms. The van der Waals surface area contributed by atoms with Gasteiger partial charge in [-0.05, 0) is 58.7 Å². The van der Waals surface area contributed by atoms with Crippen LogP contribution in [0.2, 0.25) is 0 Å². The Hall–Kier alpha value is -5.43. The van der Waals surface area contributed by atoms with Crippen molar-refractivity contribution in [1.29, 1.82) is 0 Å². The molecule has 0 bridgehead atoms. The molecule has 1 atom stereocenters. The van der Waals surface area contributed by atoms with Crippen molar-refractivity contribution in [2.75, 3.05) is 26.4 Å². The third kappa shape index (κ3) is 5.40. The highest BCUT2D eigenvalue weighted by Crippen LogP contribution is 2.56. The van der Waals surface area contributed by atoms with Crippen LogP contribution in [0.4, 0.5) is 0 Å². The number of esters is 2. The molecule has 1 heterocycles. The lowest BCUT2D eigenvalue weighted by Gasteiger charge is -2.34. The molecule has 44 heavy (non-hydrogen) atoms. The summed E-state index contributed by atoms with van der Waals surface area (Å²) in [7, 11) is 0. The van der Waals surface area contributed by atoms with Crippen molar-refractivity contribution < 1.29 is 28.5 Å². The molecule has 1 aliphatic rings. The molecule has 6 rings (SSSR count). The van der Waals surface area contributed by atoms with E-state index in [4.69, 9.17) is 23.9 Å². The van der Waals surface area contributed by atoms with Crippen LogP contribution in [0.1, 0.15) is 29.2 Å². The third-order valence-corrected chi connectivity index (χ3v) is 7.71. The summed E-state index contributed by atoms with van der Waals surface area (Å²) in [5.41, 5.74) is 6.63. The minimum absolute atomic E-state index is 0.130. The van der Waals surface area contributed by atoms with Gasteiger partial charge in [0.25, 0.3) is 0 Å². The van der Waals surface area contributed by atoms with E-state index in [9.17, 15) is 9.59 Å². The molecule has 220 valence electrons. The predicted octanol–water partition coefficient (Wildman–Crippen LogP) is 6.65. The second kappa shape index (κ2) is 12.4. The Morgan fingerprint density at radius 3 is 1.95 bits per heavy atom. The van der Waals surface area contributed by atoms with E-state index in [0.717, 1.165) is 50.5 Å². The summed E-state index contributed by atoms with van der Waals surface area (Å²) >= 11 is 0. The molecule has 1 aliphatic carbocycles. The zero-order valence-corrected chi connectivity index (χ0v) is 24.3. The molecule has 0 N–H and O–H groups in total. The molecule has 5 aromatic rings. The van der Waals surface area contributed by atoms with Crippen LogP contribution in [0.25, 0.3) is 22.2 Å². The van der Waals surface area contributed by atoms with Crippen molar-refractivity contribution in [3.63, 3.8) is 0 Å². The summed E-state index contributed by atoms with van der Waals surface area (Å²) in [4.78, 5) is 27.6.